The molecule has 3 heterocycles. The lowest BCUT2D eigenvalue weighted by molar-refractivity contribution is 0.955. The molecule has 0 amide bonds. The van der Waals surface area contributed by atoms with Crippen molar-refractivity contribution in [2.75, 3.05) is 0 Å². The van der Waals surface area contributed by atoms with Crippen LogP contribution in [0.15, 0.2) is 164 Å². The minimum atomic E-state index is 0.586. The third-order valence-electron chi connectivity index (χ3n) is 9.36. The van der Waals surface area contributed by atoms with Crippen LogP contribution in [0.4, 0.5) is 0 Å². The molecule has 5 nitrogen and oxygen atoms in total. The summed E-state index contributed by atoms with van der Waals surface area (Å²) >= 11 is 0. The van der Waals surface area contributed by atoms with Crippen molar-refractivity contribution in [2.45, 2.75) is 0 Å². The van der Waals surface area contributed by atoms with Gasteiger partial charge in [-0.15, -0.1) is 0 Å². The van der Waals surface area contributed by atoms with Crippen LogP contribution in [0.2, 0.25) is 0 Å². The van der Waals surface area contributed by atoms with Crippen LogP contribution >= 0.6 is 0 Å². The van der Waals surface area contributed by atoms with E-state index in [1.165, 1.54) is 16.2 Å². The van der Waals surface area contributed by atoms with Crippen molar-refractivity contribution in [1.29, 1.82) is 0 Å². The zero-order valence-corrected chi connectivity index (χ0v) is 25.8. The van der Waals surface area contributed by atoms with Crippen LogP contribution in [0.3, 0.4) is 0 Å². The summed E-state index contributed by atoms with van der Waals surface area (Å²) in [7, 11) is 0. The van der Waals surface area contributed by atoms with E-state index in [0.29, 0.717) is 17.6 Å². The van der Waals surface area contributed by atoms with Gasteiger partial charge in [-0.25, -0.2) is 4.98 Å². The lowest BCUT2D eigenvalue weighted by Gasteiger charge is -2.12. The highest BCUT2D eigenvalue weighted by molar-refractivity contribution is 6.26. The number of hydrogen-bond donors (Lipinski definition) is 0. The molecule has 10 rings (SSSR count). The van der Waals surface area contributed by atoms with E-state index in [9.17, 15) is 0 Å². The highest BCUT2D eigenvalue weighted by Gasteiger charge is 2.23. The van der Waals surface area contributed by atoms with E-state index in [-0.39, 0.29) is 0 Å². The summed E-state index contributed by atoms with van der Waals surface area (Å²) in [5.41, 5.74) is 7.44. The van der Waals surface area contributed by atoms with Gasteiger partial charge in [0.15, 0.2) is 11.6 Å². The van der Waals surface area contributed by atoms with E-state index in [2.05, 4.69) is 137 Å². The van der Waals surface area contributed by atoms with Gasteiger partial charge < -0.3 is 4.57 Å². The topological polar surface area (TPSA) is 48.5 Å². The molecular weight excluding hydrogens is 587 g/mol. The Hall–Kier alpha value is -6.59. The summed E-state index contributed by atoms with van der Waals surface area (Å²) < 4.78 is 4.65. The Labute approximate surface area is 276 Å². The van der Waals surface area contributed by atoms with Gasteiger partial charge in [0, 0.05) is 38.1 Å². The quantitative estimate of drug-likeness (QED) is 0.198. The molecule has 0 unspecified atom stereocenters. The van der Waals surface area contributed by atoms with Gasteiger partial charge in [0.25, 0.3) is 0 Å². The lowest BCUT2D eigenvalue weighted by atomic mass is 10.1. The lowest BCUT2D eigenvalue weighted by Crippen LogP contribution is -2.06. The molecule has 0 radical (unpaired) electrons. The number of aromatic nitrogens is 5. The molecule has 0 aliphatic heterocycles. The Bertz CT molecular complexity index is 2770. The van der Waals surface area contributed by atoms with Crippen molar-refractivity contribution in [1.82, 2.24) is 24.1 Å². The van der Waals surface area contributed by atoms with Crippen LogP contribution in [0.1, 0.15) is 0 Å². The van der Waals surface area contributed by atoms with Crippen molar-refractivity contribution >= 4 is 54.4 Å². The zero-order valence-electron chi connectivity index (χ0n) is 25.8. The predicted molar refractivity (Wildman–Crippen MR) is 197 cm³/mol. The molecule has 0 fully saturated rings. The van der Waals surface area contributed by atoms with Crippen molar-refractivity contribution in [2.24, 2.45) is 0 Å². The van der Waals surface area contributed by atoms with Crippen LogP contribution < -0.4 is 0 Å². The summed E-state index contributed by atoms with van der Waals surface area (Å²) in [6, 6.07) is 57.3. The molecule has 5 heteroatoms. The van der Waals surface area contributed by atoms with Crippen molar-refractivity contribution in [3.8, 4) is 34.4 Å². The summed E-state index contributed by atoms with van der Waals surface area (Å²) in [6.07, 6.45) is 0. The van der Waals surface area contributed by atoms with Gasteiger partial charge in [-0.1, -0.05) is 140 Å². The van der Waals surface area contributed by atoms with Crippen molar-refractivity contribution in [3.05, 3.63) is 164 Å². The molecule has 0 N–H and O–H groups in total. The van der Waals surface area contributed by atoms with Crippen LogP contribution in [0.5, 0.6) is 0 Å². The highest BCUT2D eigenvalue weighted by Crippen LogP contribution is 2.42. The Morgan fingerprint density at radius 3 is 1.62 bits per heavy atom. The standard InChI is InChI=1S/C43H27N5/c1-3-15-29(16-4-1)41-44-42(30-17-5-2-6-18-30)46-43(45-41)48-36-23-11-9-21-32(36)33-26-27-38-39(40(33)48)34-22-10-12-24-37(34)47(38)35-25-13-19-28-14-7-8-20-31(28)35/h1-27H. The van der Waals surface area contributed by atoms with Crippen LogP contribution in [-0.2, 0) is 0 Å². The summed E-state index contributed by atoms with van der Waals surface area (Å²) in [5.74, 6) is 1.86. The van der Waals surface area contributed by atoms with E-state index in [4.69, 9.17) is 15.0 Å². The van der Waals surface area contributed by atoms with Gasteiger partial charge in [-0.2, -0.15) is 9.97 Å². The molecule has 10 aromatic rings. The molecule has 224 valence electrons. The fourth-order valence-electron chi connectivity index (χ4n) is 7.28. The maximum atomic E-state index is 5.20. The number of fused-ring (bicyclic) bond motifs is 8. The normalized spacial score (nSPS) is 11.8. The second-order valence-electron chi connectivity index (χ2n) is 12.1. The first-order valence-corrected chi connectivity index (χ1v) is 16.1. The number of rotatable bonds is 4. The van der Waals surface area contributed by atoms with Crippen LogP contribution in [-0.4, -0.2) is 24.1 Å². The largest absolute Gasteiger partial charge is 0.309 e. The van der Waals surface area contributed by atoms with Gasteiger partial charge in [-0.3, -0.25) is 4.57 Å². The molecule has 0 atom stereocenters. The van der Waals surface area contributed by atoms with Gasteiger partial charge >= 0.3 is 0 Å². The predicted octanol–water partition coefficient (Wildman–Crippen LogP) is 10.6. The third-order valence-corrected chi connectivity index (χ3v) is 9.36. The fourth-order valence-corrected chi connectivity index (χ4v) is 7.28. The SMILES string of the molecule is c1ccc(-c2nc(-c3ccccc3)nc(-n3c4ccccc4c4ccc5c(c6ccccc6n5-c5cccc6ccccc56)c43)n2)cc1. The Morgan fingerprint density at radius 2 is 0.917 bits per heavy atom. The Balaban J connectivity index is 1.37. The minimum absolute atomic E-state index is 0.586. The highest BCUT2D eigenvalue weighted by atomic mass is 15.2. The van der Waals surface area contributed by atoms with E-state index in [1.54, 1.807) is 0 Å². The number of benzene rings is 7. The minimum Gasteiger partial charge on any atom is -0.309 e. The summed E-state index contributed by atoms with van der Waals surface area (Å²) in [4.78, 5) is 15.4. The van der Waals surface area contributed by atoms with E-state index >= 15 is 0 Å². The van der Waals surface area contributed by atoms with Crippen LogP contribution in [0.25, 0.3) is 88.8 Å². The van der Waals surface area contributed by atoms with Gasteiger partial charge in [-0.05, 0) is 29.7 Å². The average Bonchev–Trinajstić information content (AvgIpc) is 3.68. The maximum Gasteiger partial charge on any atom is 0.238 e. The maximum absolute atomic E-state index is 5.20. The molecular formula is C43H27N5. The zero-order chi connectivity index (χ0) is 31.6. The second kappa shape index (κ2) is 10.5. The first-order valence-electron chi connectivity index (χ1n) is 16.1. The monoisotopic (exact) mass is 613 g/mol. The fraction of sp³-hybridized carbons (Fsp3) is 0. The molecule has 0 aliphatic carbocycles. The molecule has 3 aromatic heterocycles. The number of hydrogen-bond acceptors (Lipinski definition) is 3. The summed E-state index contributed by atoms with van der Waals surface area (Å²) in [6.45, 7) is 0. The third kappa shape index (κ3) is 3.94. The molecule has 48 heavy (non-hydrogen) atoms. The second-order valence-corrected chi connectivity index (χ2v) is 12.1. The van der Waals surface area contributed by atoms with Gasteiger partial charge in [0.2, 0.25) is 5.95 Å². The van der Waals surface area contributed by atoms with Crippen molar-refractivity contribution in [3.63, 3.8) is 0 Å². The first kappa shape index (κ1) is 26.6. The average molecular weight is 614 g/mol. The Kier molecular flexibility index (Phi) is 5.81. The number of nitrogens with zero attached hydrogens (tertiary/aromatic N) is 5. The summed E-state index contributed by atoms with van der Waals surface area (Å²) in [5, 5.41) is 7.07. The Morgan fingerprint density at radius 1 is 0.354 bits per heavy atom. The van der Waals surface area contributed by atoms with Crippen molar-refractivity contribution < 1.29 is 0 Å². The molecule has 0 aliphatic rings. The smallest absolute Gasteiger partial charge is 0.238 e. The van der Waals surface area contributed by atoms with Gasteiger partial charge in [0.1, 0.15) is 0 Å². The molecule has 0 bridgehead atoms. The van der Waals surface area contributed by atoms with E-state index < -0.39 is 0 Å². The first-order chi connectivity index (χ1) is 23.8. The van der Waals surface area contributed by atoms with Crippen LogP contribution in [0, 0.1) is 0 Å². The van der Waals surface area contributed by atoms with Gasteiger partial charge in [0.05, 0.1) is 27.8 Å². The molecule has 7 aromatic carbocycles. The molecule has 0 saturated heterocycles. The molecule has 0 spiro atoms. The van der Waals surface area contributed by atoms with E-state index in [0.717, 1.165) is 55.0 Å². The molecule has 0 saturated carbocycles. The van der Waals surface area contributed by atoms with E-state index in [1.807, 2.05) is 36.4 Å². The number of para-hydroxylation sites is 2.